The number of pyridine rings is 1. The second kappa shape index (κ2) is 7.88. The number of aliphatic carboxylic acids is 1. The fourth-order valence-corrected chi connectivity index (χ4v) is 3.65. The molecular formula is C21H22N2O5. The quantitative estimate of drug-likeness (QED) is 0.797. The van der Waals surface area contributed by atoms with Gasteiger partial charge in [-0.25, -0.2) is 9.78 Å². The summed E-state index contributed by atoms with van der Waals surface area (Å²) < 4.78 is 11.2. The normalized spacial score (nSPS) is 16.9. The molecule has 1 amide bonds. The van der Waals surface area contributed by atoms with Gasteiger partial charge in [0.25, 0.3) is 5.91 Å². The number of hydrogen-bond acceptors (Lipinski definition) is 5. The first kappa shape index (κ1) is 18.3. The van der Waals surface area contributed by atoms with E-state index in [4.69, 9.17) is 9.47 Å². The van der Waals surface area contributed by atoms with Crippen LogP contribution in [0.4, 0.5) is 0 Å². The van der Waals surface area contributed by atoms with Crippen molar-refractivity contribution in [3.63, 3.8) is 0 Å². The van der Waals surface area contributed by atoms with Gasteiger partial charge in [0, 0.05) is 18.7 Å². The van der Waals surface area contributed by atoms with Crippen molar-refractivity contribution in [3.05, 3.63) is 53.2 Å². The molecule has 4 rings (SSSR count). The molecule has 1 aromatic carbocycles. The molecule has 2 aliphatic rings. The van der Waals surface area contributed by atoms with Gasteiger partial charge < -0.3 is 19.9 Å². The smallest absolute Gasteiger partial charge is 0.330 e. The number of carbonyl (C=O) groups excluding carboxylic acids is 1. The van der Waals surface area contributed by atoms with Crippen molar-refractivity contribution in [2.75, 3.05) is 6.61 Å². The minimum atomic E-state index is -1.15. The SMILES string of the molecule is O=C(NC(C(=O)O)c1ccc2c(c1)CCO2)c1ccc(OC2CCCC2)nc1. The van der Waals surface area contributed by atoms with Crippen LogP contribution in [0, 0.1) is 0 Å². The molecule has 28 heavy (non-hydrogen) atoms. The molecule has 1 unspecified atom stereocenters. The number of rotatable bonds is 6. The van der Waals surface area contributed by atoms with Crippen molar-refractivity contribution in [2.24, 2.45) is 0 Å². The van der Waals surface area contributed by atoms with Crippen LogP contribution in [0.15, 0.2) is 36.5 Å². The van der Waals surface area contributed by atoms with Gasteiger partial charge in [-0.15, -0.1) is 0 Å². The zero-order valence-electron chi connectivity index (χ0n) is 15.4. The minimum absolute atomic E-state index is 0.187. The minimum Gasteiger partial charge on any atom is -0.493 e. The summed E-state index contributed by atoms with van der Waals surface area (Å²) in [7, 11) is 0. The Morgan fingerprint density at radius 2 is 2.04 bits per heavy atom. The van der Waals surface area contributed by atoms with Gasteiger partial charge in [-0.1, -0.05) is 6.07 Å². The highest BCUT2D eigenvalue weighted by atomic mass is 16.5. The maximum atomic E-state index is 12.5. The number of fused-ring (bicyclic) bond motifs is 1. The van der Waals surface area contributed by atoms with Gasteiger partial charge in [-0.05, 0) is 55.0 Å². The van der Waals surface area contributed by atoms with Crippen LogP contribution in [0.2, 0.25) is 0 Å². The summed E-state index contributed by atoms with van der Waals surface area (Å²) in [5.74, 6) is -0.372. The molecule has 1 aliphatic heterocycles. The number of benzene rings is 1. The van der Waals surface area contributed by atoms with Crippen LogP contribution in [0.1, 0.15) is 53.2 Å². The highest BCUT2D eigenvalue weighted by Gasteiger charge is 2.25. The van der Waals surface area contributed by atoms with Crippen LogP contribution in [0.3, 0.4) is 0 Å². The number of hydrogen-bond donors (Lipinski definition) is 2. The number of ether oxygens (including phenoxy) is 2. The number of amides is 1. The monoisotopic (exact) mass is 382 g/mol. The Labute approximate surface area is 162 Å². The summed E-state index contributed by atoms with van der Waals surface area (Å²) in [6, 6.07) is 7.29. The largest absolute Gasteiger partial charge is 0.493 e. The third-order valence-electron chi connectivity index (χ3n) is 5.16. The van der Waals surface area contributed by atoms with E-state index in [2.05, 4.69) is 10.3 Å². The van der Waals surface area contributed by atoms with Crippen LogP contribution in [0.5, 0.6) is 11.6 Å². The van der Waals surface area contributed by atoms with Gasteiger partial charge in [0.15, 0.2) is 6.04 Å². The molecule has 146 valence electrons. The van der Waals surface area contributed by atoms with E-state index in [0.29, 0.717) is 18.1 Å². The molecule has 2 N–H and O–H groups in total. The Morgan fingerprint density at radius 1 is 1.21 bits per heavy atom. The lowest BCUT2D eigenvalue weighted by molar-refractivity contribution is -0.139. The third kappa shape index (κ3) is 3.93. The number of carboxylic acid groups (broad SMARTS) is 1. The highest BCUT2D eigenvalue weighted by molar-refractivity contribution is 5.96. The summed E-state index contributed by atoms with van der Waals surface area (Å²) in [4.78, 5) is 28.5. The molecular weight excluding hydrogens is 360 g/mol. The standard InChI is InChI=1S/C21H22N2O5/c24-20(15-6-8-18(22-12-15)28-16-3-1-2-4-16)23-19(21(25)26)14-5-7-17-13(11-14)9-10-27-17/h5-8,11-12,16,19H,1-4,9-10H2,(H,23,24)(H,25,26). The summed E-state index contributed by atoms with van der Waals surface area (Å²) in [5, 5.41) is 12.2. The Kier molecular flexibility index (Phi) is 5.14. The molecule has 1 aliphatic carbocycles. The summed E-state index contributed by atoms with van der Waals surface area (Å²) in [5.41, 5.74) is 1.75. The van der Waals surface area contributed by atoms with E-state index in [-0.39, 0.29) is 11.7 Å². The Hall–Kier alpha value is -3.09. The molecule has 2 aromatic rings. The highest BCUT2D eigenvalue weighted by Crippen LogP contribution is 2.28. The van der Waals surface area contributed by atoms with Gasteiger partial charge in [0.05, 0.1) is 12.2 Å². The van der Waals surface area contributed by atoms with E-state index in [1.165, 1.54) is 6.20 Å². The molecule has 2 heterocycles. The first-order valence-corrected chi connectivity index (χ1v) is 9.52. The lowest BCUT2D eigenvalue weighted by atomic mass is 10.0. The van der Waals surface area contributed by atoms with E-state index in [9.17, 15) is 14.7 Å². The van der Waals surface area contributed by atoms with Crippen molar-refractivity contribution in [3.8, 4) is 11.6 Å². The lowest BCUT2D eigenvalue weighted by Gasteiger charge is -2.16. The van der Waals surface area contributed by atoms with Crippen molar-refractivity contribution in [2.45, 2.75) is 44.2 Å². The number of nitrogens with zero attached hydrogens (tertiary/aromatic N) is 1. The second-order valence-corrected chi connectivity index (χ2v) is 7.12. The molecule has 7 nitrogen and oxygen atoms in total. The molecule has 0 bridgehead atoms. The predicted molar refractivity (Wildman–Crippen MR) is 101 cm³/mol. The van der Waals surface area contributed by atoms with Crippen LogP contribution < -0.4 is 14.8 Å². The maximum absolute atomic E-state index is 12.5. The van der Waals surface area contributed by atoms with E-state index >= 15 is 0 Å². The topological polar surface area (TPSA) is 97.8 Å². The van der Waals surface area contributed by atoms with Gasteiger partial charge in [0.1, 0.15) is 11.9 Å². The maximum Gasteiger partial charge on any atom is 0.330 e. The number of carbonyl (C=O) groups is 2. The van der Waals surface area contributed by atoms with Gasteiger partial charge in [-0.3, -0.25) is 4.79 Å². The number of aromatic nitrogens is 1. The van der Waals surface area contributed by atoms with Crippen molar-refractivity contribution in [1.82, 2.24) is 10.3 Å². The average Bonchev–Trinajstić information content (AvgIpc) is 3.37. The first-order valence-electron chi connectivity index (χ1n) is 9.52. The Balaban J connectivity index is 1.45. The summed E-state index contributed by atoms with van der Waals surface area (Å²) in [6.07, 6.45) is 6.71. The fourth-order valence-electron chi connectivity index (χ4n) is 3.65. The van der Waals surface area contributed by atoms with E-state index in [1.807, 2.05) is 0 Å². The molecule has 0 radical (unpaired) electrons. The Bertz CT molecular complexity index is 875. The molecule has 1 saturated carbocycles. The molecule has 1 fully saturated rings. The van der Waals surface area contributed by atoms with Gasteiger partial charge >= 0.3 is 5.97 Å². The van der Waals surface area contributed by atoms with Crippen LogP contribution >= 0.6 is 0 Å². The van der Waals surface area contributed by atoms with E-state index < -0.39 is 17.9 Å². The van der Waals surface area contributed by atoms with Crippen LogP contribution in [-0.4, -0.2) is 34.7 Å². The summed E-state index contributed by atoms with van der Waals surface area (Å²) >= 11 is 0. The molecule has 0 saturated heterocycles. The molecule has 1 aromatic heterocycles. The predicted octanol–water partition coefficient (Wildman–Crippen LogP) is 2.89. The van der Waals surface area contributed by atoms with Crippen LogP contribution in [-0.2, 0) is 11.2 Å². The zero-order valence-corrected chi connectivity index (χ0v) is 15.4. The summed E-state index contributed by atoms with van der Waals surface area (Å²) in [6.45, 7) is 0.587. The third-order valence-corrected chi connectivity index (χ3v) is 5.16. The number of nitrogens with one attached hydrogen (secondary N) is 1. The van der Waals surface area contributed by atoms with E-state index in [0.717, 1.165) is 43.4 Å². The molecule has 7 heteroatoms. The number of carboxylic acids is 1. The average molecular weight is 382 g/mol. The lowest BCUT2D eigenvalue weighted by Crippen LogP contribution is -2.33. The molecule has 0 spiro atoms. The van der Waals surface area contributed by atoms with Crippen molar-refractivity contribution < 1.29 is 24.2 Å². The van der Waals surface area contributed by atoms with Crippen molar-refractivity contribution >= 4 is 11.9 Å². The van der Waals surface area contributed by atoms with Crippen LogP contribution in [0.25, 0.3) is 0 Å². The first-order chi connectivity index (χ1) is 13.6. The van der Waals surface area contributed by atoms with Gasteiger partial charge in [0.2, 0.25) is 5.88 Å². The fraction of sp³-hybridized carbons (Fsp3) is 0.381. The van der Waals surface area contributed by atoms with E-state index in [1.54, 1.807) is 30.3 Å². The zero-order chi connectivity index (χ0) is 19.5. The van der Waals surface area contributed by atoms with Gasteiger partial charge in [-0.2, -0.15) is 0 Å². The molecule has 1 atom stereocenters. The van der Waals surface area contributed by atoms with Crippen molar-refractivity contribution in [1.29, 1.82) is 0 Å². The second-order valence-electron chi connectivity index (χ2n) is 7.12. The Morgan fingerprint density at radius 3 is 2.75 bits per heavy atom.